The third kappa shape index (κ3) is 5.72. The number of thiol groups is 1. The second kappa shape index (κ2) is 5.38. The zero-order valence-electron chi connectivity index (χ0n) is 7.27. The zero-order chi connectivity index (χ0) is 10.6. The molecule has 0 aromatic rings. The Morgan fingerprint density at radius 1 is 1.85 bits per heavy atom. The number of halogens is 1. The summed E-state index contributed by atoms with van der Waals surface area (Å²) in [5.41, 5.74) is -0.571. The summed E-state index contributed by atoms with van der Waals surface area (Å²) in [6.07, 6.45) is 0. The van der Waals surface area contributed by atoms with E-state index in [9.17, 15) is 14.1 Å². The van der Waals surface area contributed by atoms with E-state index < -0.39 is 18.2 Å². The second-order valence-corrected chi connectivity index (χ2v) is 8.11. The average Bonchev–Trinajstić information content (AvgIpc) is 1.81. The van der Waals surface area contributed by atoms with Crippen LogP contribution in [0.25, 0.3) is 0 Å². The molecule has 13 heavy (non-hydrogen) atoms. The summed E-state index contributed by atoms with van der Waals surface area (Å²) in [6, 6.07) is -1.67. The van der Waals surface area contributed by atoms with Crippen molar-refractivity contribution in [3.05, 3.63) is 0 Å². The zero-order valence-corrected chi connectivity index (χ0v) is 9.87. The lowest BCUT2D eigenvalue weighted by atomic mass is 10.4. The standard InChI is InChI=1S/C5H12FN2O2PS2/c1-4(2)8(11(10,12)13)7-3-5(6)9/h4,7H,3H2,1-2H3,(H2,10,12,13). The topological polar surface area (TPSA) is 52.6 Å². The first-order valence-electron chi connectivity index (χ1n) is 3.52. The Labute approximate surface area is 86.8 Å². The van der Waals surface area contributed by atoms with Gasteiger partial charge in [0.05, 0.1) is 0 Å². The van der Waals surface area contributed by atoms with Crippen LogP contribution in [0, 0.1) is 0 Å². The van der Waals surface area contributed by atoms with Gasteiger partial charge >= 0.3 is 6.04 Å². The van der Waals surface area contributed by atoms with Crippen molar-refractivity contribution in [3.63, 3.8) is 0 Å². The van der Waals surface area contributed by atoms with Crippen molar-refractivity contribution < 1.29 is 14.1 Å². The summed E-state index contributed by atoms with van der Waals surface area (Å²) in [5, 5.41) is 0. The number of hydrogen-bond donors (Lipinski definition) is 3. The molecular formula is C5H12FN2O2PS2. The van der Waals surface area contributed by atoms with Crippen LogP contribution in [-0.4, -0.2) is 28.3 Å². The number of nitrogens with zero attached hydrogens (tertiary/aromatic N) is 1. The van der Waals surface area contributed by atoms with E-state index in [0.29, 0.717) is 0 Å². The number of hydrogen-bond acceptors (Lipinski definition) is 3. The molecule has 1 unspecified atom stereocenters. The molecule has 0 saturated carbocycles. The maximum absolute atomic E-state index is 11.9. The molecule has 0 bridgehead atoms. The number of carbonyl (C=O) groups excluding carboxylic acids is 1. The summed E-state index contributed by atoms with van der Waals surface area (Å²) in [5.74, 6) is 0. The molecule has 0 saturated heterocycles. The first kappa shape index (κ1) is 13.5. The first-order chi connectivity index (χ1) is 5.75. The Hall–Kier alpha value is 0.480. The summed E-state index contributed by atoms with van der Waals surface area (Å²) in [7, 11) is 0. The van der Waals surface area contributed by atoms with Crippen molar-refractivity contribution in [1.82, 2.24) is 10.2 Å². The van der Waals surface area contributed by atoms with Crippen LogP contribution in [0.15, 0.2) is 0 Å². The van der Waals surface area contributed by atoms with Gasteiger partial charge in [0, 0.05) is 6.04 Å². The van der Waals surface area contributed by atoms with E-state index in [4.69, 9.17) is 11.8 Å². The molecular weight excluding hydrogens is 234 g/mol. The highest BCUT2D eigenvalue weighted by Gasteiger charge is 2.22. The molecule has 0 aromatic heterocycles. The minimum Gasteiger partial charge on any atom is -0.346 e. The fourth-order valence-corrected chi connectivity index (χ4v) is 3.12. The van der Waals surface area contributed by atoms with E-state index in [1.54, 1.807) is 13.8 Å². The predicted octanol–water partition coefficient (Wildman–Crippen LogP) is 0.844. The normalized spacial score (nSPS) is 16.2. The molecule has 0 aliphatic heterocycles. The van der Waals surface area contributed by atoms with Gasteiger partial charge in [-0.2, -0.15) is 9.17 Å². The molecule has 0 fully saturated rings. The molecule has 0 aliphatic rings. The molecule has 0 aliphatic carbocycles. The molecule has 0 aromatic carbocycles. The number of hydrazine groups is 1. The minimum absolute atomic E-state index is 0.160. The maximum atomic E-state index is 11.9. The van der Waals surface area contributed by atoms with Crippen LogP contribution in [0.2, 0.25) is 0 Å². The Morgan fingerprint density at radius 2 is 2.31 bits per heavy atom. The van der Waals surface area contributed by atoms with Gasteiger partial charge in [0.2, 0.25) is 0 Å². The van der Waals surface area contributed by atoms with Crippen molar-refractivity contribution in [3.8, 4) is 0 Å². The number of carbonyl (C=O) groups is 1. The van der Waals surface area contributed by atoms with Gasteiger partial charge in [0.25, 0.3) is 0 Å². The summed E-state index contributed by atoms with van der Waals surface area (Å²) in [4.78, 5) is 19.4. The van der Waals surface area contributed by atoms with E-state index in [-0.39, 0.29) is 6.04 Å². The smallest absolute Gasteiger partial charge is 0.316 e. The fraction of sp³-hybridized carbons (Fsp3) is 0.800. The fourth-order valence-electron chi connectivity index (χ4n) is 0.719. The lowest BCUT2D eigenvalue weighted by molar-refractivity contribution is -0.128. The Kier molecular flexibility index (Phi) is 5.58. The van der Waals surface area contributed by atoms with Crippen molar-refractivity contribution in [2.75, 3.05) is 6.54 Å². The highest BCUT2D eigenvalue weighted by Crippen LogP contribution is 2.49. The average molecular weight is 246 g/mol. The molecule has 0 amide bonds. The lowest BCUT2D eigenvalue weighted by Crippen LogP contribution is -2.41. The van der Waals surface area contributed by atoms with Crippen molar-refractivity contribution >= 4 is 35.7 Å². The van der Waals surface area contributed by atoms with E-state index >= 15 is 0 Å². The van der Waals surface area contributed by atoms with E-state index in [1.165, 1.54) is 4.78 Å². The Morgan fingerprint density at radius 3 is 2.54 bits per heavy atom. The van der Waals surface area contributed by atoms with Gasteiger partial charge < -0.3 is 4.89 Å². The molecule has 8 heteroatoms. The van der Waals surface area contributed by atoms with Crippen LogP contribution in [0.5, 0.6) is 0 Å². The SMILES string of the molecule is CC(C)N(NCC(=O)F)P(O)(=S)S. The van der Waals surface area contributed by atoms with Gasteiger partial charge in [0.1, 0.15) is 6.54 Å². The van der Waals surface area contributed by atoms with E-state index in [0.717, 1.165) is 0 Å². The molecule has 0 rings (SSSR count). The molecule has 4 nitrogen and oxygen atoms in total. The highest BCUT2D eigenvalue weighted by molar-refractivity contribution is 8.60. The van der Waals surface area contributed by atoms with Crippen molar-refractivity contribution in [2.45, 2.75) is 19.9 Å². The van der Waals surface area contributed by atoms with Gasteiger partial charge in [-0.05, 0) is 25.7 Å². The summed E-state index contributed by atoms with van der Waals surface area (Å²) >= 11 is 8.50. The number of rotatable bonds is 5. The summed E-state index contributed by atoms with van der Waals surface area (Å²) in [6.45, 7) is 2.98. The Balaban J connectivity index is 4.29. The lowest BCUT2D eigenvalue weighted by Gasteiger charge is -2.30. The van der Waals surface area contributed by atoms with Gasteiger partial charge in [-0.15, -0.1) is 0 Å². The molecule has 78 valence electrons. The molecule has 0 spiro atoms. The van der Waals surface area contributed by atoms with Crippen LogP contribution in [-0.2, 0) is 16.6 Å². The number of nitrogens with one attached hydrogen (secondary N) is 1. The highest BCUT2D eigenvalue weighted by atomic mass is 32.9. The van der Waals surface area contributed by atoms with Crippen LogP contribution in [0.4, 0.5) is 4.39 Å². The largest absolute Gasteiger partial charge is 0.346 e. The van der Waals surface area contributed by atoms with Crippen molar-refractivity contribution in [1.29, 1.82) is 0 Å². The second-order valence-electron chi connectivity index (χ2n) is 2.64. The van der Waals surface area contributed by atoms with E-state index in [2.05, 4.69) is 17.7 Å². The first-order valence-corrected chi connectivity index (χ1v) is 7.38. The third-order valence-corrected chi connectivity index (χ3v) is 3.42. The molecule has 2 N–H and O–H groups in total. The van der Waals surface area contributed by atoms with Crippen LogP contribution in [0.3, 0.4) is 0 Å². The van der Waals surface area contributed by atoms with Crippen LogP contribution >= 0.6 is 17.9 Å². The monoisotopic (exact) mass is 246 g/mol. The molecule has 0 heterocycles. The van der Waals surface area contributed by atoms with Crippen molar-refractivity contribution in [2.24, 2.45) is 0 Å². The van der Waals surface area contributed by atoms with E-state index in [1.807, 2.05) is 0 Å². The van der Waals surface area contributed by atoms with Gasteiger partial charge in [-0.3, -0.25) is 4.79 Å². The van der Waals surface area contributed by atoms with Gasteiger partial charge in [0.15, 0.2) is 5.62 Å². The van der Waals surface area contributed by atoms with Gasteiger partial charge in [-0.25, -0.2) is 5.43 Å². The van der Waals surface area contributed by atoms with Crippen LogP contribution < -0.4 is 5.43 Å². The molecule has 1 atom stereocenters. The van der Waals surface area contributed by atoms with Crippen LogP contribution in [0.1, 0.15) is 13.8 Å². The third-order valence-electron chi connectivity index (χ3n) is 1.15. The molecule has 0 radical (unpaired) electrons. The van der Waals surface area contributed by atoms with Gasteiger partial charge in [-0.1, -0.05) is 12.2 Å². The minimum atomic E-state index is -2.96. The quantitative estimate of drug-likeness (QED) is 0.290. The maximum Gasteiger partial charge on any atom is 0.316 e. The Bertz CT molecular complexity index is 233. The predicted molar refractivity (Wildman–Crippen MR) is 56.6 cm³/mol. The summed E-state index contributed by atoms with van der Waals surface area (Å²) < 4.78 is 13.1.